The van der Waals surface area contributed by atoms with Gasteiger partial charge in [0, 0.05) is 18.2 Å². The predicted molar refractivity (Wildman–Crippen MR) is 137 cm³/mol. The van der Waals surface area contributed by atoms with E-state index in [0.29, 0.717) is 23.4 Å². The van der Waals surface area contributed by atoms with Crippen LogP contribution in [0.15, 0.2) is 60.8 Å². The van der Waals surface area contributed by atoms with Gasteiger partial charge in [0.2, 0.25) is 5.91 Å². The van der Waals surface area contributed by atoms with Crippen LogP contribution < -0.4 is 15.4 Å². The fourth-order valence-corrected chi connectivity index (χ4v) is 4.56. The number of nitrogens with zero attached hydrogens (tertiary/aromatic N) is 2. The van der Waals surface area contributed by atoms with E-state index in [-0.39, 0.29) is 23.5 Å². The number of nitrogens with one attached hydrogen (secondary N) is 2. The lowest BCUT2D eigenvalue weighted by molar-refractivity contribution is -0.137. The van der Waals surface area contributed by atoms with Crippen LogP contribution in [0.5, 0.6) is 5.75 Å². The van der Waals surface area contributed by atoms with Gasteiger partial charge in [-0.25, -0.2) is 0 Å². The summed E-state index contributed by atoms with van der Waals surface area (Å²) in [6.45, 7) is 9.87. The lowest BCUT2D eigenvalue weighted by atomic mass is 9.90. The van der Waals surface area contributed by atoms with E-state index in [9.17, 15) is 18.0 Å². The number of amides is 1. The molecule has 198 valence electrons. The van der Waals surface area contributed by atoms with E-state index < -0.39 is 23.8 Å². The maximum absolute atomic E-state index is 13.5. The maximum Gasteiger partial charge on any atom is 0.416 e. The Balaban J connectivity index is 1.64. The summed E-state index contributed by atoms with van der Waals surface area (Å²) in [5, 5.41) is 11.0. The monoisotopic (exact) mass is 514 g/mol. The van der Waals surface area contributed by atoms with Gasteiger partial charge in [0.1, 0.15) is 5.75 Å². The largest absolute Gasteiger partial charge is 0.489 e. The Morgan fingerprint density at radius 3 is 2.49 bits per heavy atom. The van der Waals surface area contributed by atoms with Crippen LogP contribution in [-0.2, 0) is 16.5 Å². The highest BCUT2D eigenvalue weighted by molar-refractivity contribution is 5.96. The third kappa shape index (κ3) is 6.15. The normalized spacial score (nSPS) is 20.3. The van der Waals surface area contributed by atoms with Gasteiger partial charge in [0.15, 0.2) is 0 Å². The van der Waals surface area contributed by atoms with Gasteiger partial charge in [-0.3, -0.25) is 14.8 Å². The van der Waals surface area contributed by atoms with E-state index >= 15 is 0 Å². The Bertz CT molecular complexity index is 1250. The van der Waals surface area contributed by atoms with E-state index in [1.165, 1.54) is 6.07 Å². The summed E-state index contributed by atoms with van der Waals surface area (Å²) in [7, 11) is 0. The van der Waals surface area contributed by atoms with Crippen LogP contribution in [0, 0.1) is 0 Å². The summed E-state index contributed by atoms with van der Waals surface area (Å²) in [5.74, 6) is -0.0294. The average molecular weight is 515 g/mol. The van der Waals surface area contributed by atoms with Crippen molar-refractivity contribution in [1.29, 1.82) is 0 Å². The highest BCUT2D eigenvalue weighted by Crippen LogP contribution is 2.42. The Labute approximate surface area is 215 Å². The van der Waals surface area contributed by atoms with E-state index in [1.54, 1.807) is 24.3 Å². The molecule has 1 amide bonds. The molecule has 2 N–H and O–H groups in total. The van der Waals surface area contributed by atoms with Gasteiger partial charge in [-0.15, -0.1) is 0 Å². The number of carbonyl (C=O) groups excluding carboxylic acids is 1. The van der Waals surface area contributed by atoms with Gasteiger partial charge in [0.25, 0.3) is 0 Å². The molecule has 0 bridgehead atoms. The molecule has 9 heteroatoms. The van der Waals surface area contributed by atoms with Crippen LogP contribution in [-0.4, -0.2) is 27.8 Å². The van der Waals surface area contributed by atoms with Crippen LogP contribution in [0.3, 0.4) is 0 Å². The van der Waals surface area contributed by atoms with Crippen molar-refractivity contribution in [3.8, 4) is 5.75 Å². The van der Waals surface area contributed by atoms with Crippen molar-refractivity contribution < 1.29 is 22.7 Å². The minimum atomic E-state index is -4.46. The number of halogens is 3. The van der Waals surface area contributed by atoms with Gasteiger partial charge in [-0.2, -0.15) is 18.3 Å². The number of para-hydroxylation sites is 2. The number of hydrogen-bond acceptors (Lipinski definition) is 4. The molecule has 0 unspecified atom stereocenters. The van der Waals surface area contributed by atoms with Gasteiger partial charge in [-0.05, 0) is 76.9 Å². The third-order valence-corrected chi connectivity index (χ3v) is 6.35. The zero-order valence-corrected chi connectivity index (χ0v) is 21.6. The van der Waals surface area contributed by atoms with E-state index in [0.717, 1.165) is 17.8 Å². The second-order valence-corrected chi connectivity index (χ2v) is 10.7. The molecule has 1 aromatic heterocycles. The SMILES string of the molecule is CC(C)Oc1ccccc1NC(=O)[C@@H]1C[C@H](c2ccn(C(C)(C)C)n2)[C@H](c2cccc(C(F)(F)F)c2)N1. The highest BCUT2D eigenvalue weighted by Gasteiger charge is 2.41. The third-order valence-electron chi connectivity index (χ3n) is 6.35. The standard InChI is InChI=1S/C28H33F3N4O2/c1-17(2)37-24-12-7-6-11-22(24)33-26(36)23-16-20(21-13-14-35(34-21)27(3,4)5)25(32-23)18-9-8-10-19(15-18)28(29,30)31/h6-15,17,20,23,25,32H,16H2,1-5H3,(H,33,36)/t20-,23+,25+/m1/s1. The molecule has 1 saturated heterocycles. The van der Waals surface area contributed by atoms with Gasteiger partial charge in [0.05, 0.1) is 34.6 Å². The Morgan fingerprint density at radius 1 is 1.11 bits per heavy atom. The first-order chi connectivity index (χ1) is 17.3. The lowest BCUT2D eigenvalue weighted by Gasteiger charge is -2.21. The molecule has 1 fully saturated rings. The van der Waals surface area contributed by atoms with Crippen molar-refractivity contribution in [2.45, 2.75) is 76.9 Å². The molecule has 0 aliphatic carbocycles. The number of hydrogen-bond donors (Lipinski definition) is 2. The number of carbonyl (C=O) groups is 1. The molecule has 0 spiro atoms. The Kier molecular flexibility index (Phi) is 7.37. The number of ether oxygens (including phenoxy) is 1. The fourth-order valence-electron chi connectivity index (χ4n) is 4.56. The number of anilines is 1. The van der Waals surface area contributed by atoms with Crippen LogP contribution >= 0.6 is 0 Å². The first kappa shape index (κ1) is 26.7. The molecule has 0 radical (unpaired) electrons. The van der Waals surface area contributed by atoms with Crippen LogP contribution in [0.1, 0.15) is 69.8 Å². The maximum atomic E-state index is 13.5. The highest BCUT2D eigenvalue weighted by atomic mass is 19.4. The number of aromatic nitrogens is 2. The molecule has 2 aromatic carbocycles. The summed E-state index contributed by atoms with van der Waals surface area (Å²) >= 11 is 0. The van der Waals surface area contributed by atoms with Gasteiger partial charge < -0.3 is 10.1 Å². The quantitative estimate of drug-likeness (QED) is 0.407. The van der Waals surface area contributed by atoms with Crippen molar-refractivity contribution in [1.82, 2.24) is 15.1 Å². The van der Waals surface area contributed by atoms with Gasteiger partial charge in [-0.1, -0.05) is 24.3 Å². The first-order valence-electron chi connectivity index (χ1n) is 12.4. The Hall–Kier alpha value is -3.33. The smallest absolute Gasteiger partial charge is 0.416 e. The van der Waals surface area contributed by atoms with Crippen molar-refractivity contribution >= 4 is 11.6 Å². The summed E-state index contributed by atoms with van der Waals surface area (Å²) in [5.41, 5.74) is 0.748. The molecule has 37 heavy (non-hydrogen) atoms. The zero-order valence-electron chi connectivity index (χ0n) is 21.6. The summed E-state index contributed by atoms with van der Waals surface area (Å²) in [6, 6.07) is 13.1. The molecular formula is C28H33F3N4O2. The molecular weight excluding hydrogens is 481 g/mol. The minimum absolute atomic E-state index is 0.0738. The molecule has 4 rings (SSSR count). The van der Waals surface area contributed by atoms with Crippen molar-refractivity contribution in [3.05, 3.63) is 77.6 Å². The van der Waals surface area contributed by atoms with Gasteiger partial charge >= 0.3 is 6.18 Å². The summed E-state index contributed by atoms with van der Waals surface area (Å²) in [4.78, 5) is 13.4. The van der Waals surface area contributed by atoms with Crippen molar-refractivity contribution in [3.63, 3.8) is 0 Å². The second kappa shape index (κ2) is 10.2. The first-order valence-corrected chi connectivity index (χ1v) is 12.4. The minimum Gasteiger partial charge on any atom is -0.489 e. The Morgan fingerprint density at radius 2 is 1.84 bits per heavy atom. The van der Waals surface area contributed by atoms with Crippen LogP contribution in [0.25, 0.3) is 0 Å². The summed E-state index contributed by atoms with van der Waals surface area (Å²) < 4.78 is 48.1. The van der Waals surface area contributed by atoms with Crippen molar-refractivity contribution in [2.24, 2.45) is 0 Å². The average Bonchev–Trinajstić information content (AvgIpc) is 3.47. The molecule has 1 aliphatic rings. The molecule has 2 heterocycles. The van der Waals surface area contributed by atoms with Crippen LogP contribution in [0.2, 0.25) is 0 Å². The van der Waals surface area contributed by atoms with E-state index in [1.807, 2.05) is 57.6 Å². The molecule has 3 aromatic rings. The fraction of sp³-hybridized carbons (Fsp3) is 0.429. The number of benzene rings is 2. The second-order valence-electron chi connectivity index (χ2n) is 10.7. The zero-order chi connectivity index (χ0) is 27.0. The summed E-state index contributed by atoms with van der Waals surface area (Å²) in [6.07, 6.45) is -2.29. The molecule has 0 saturated carbocycles. The topological polar surface area (TPSA) is 68.2 Å². The lowest BCUT2D eigenvalue weighted by Crippen LogP contribution is -2.36. The molecule has 6 nitrogen and oxygen atoms in total. The van der Waals surface area contributed by atoms with Crippen molar-refractivity contribution in [2.75, 3.05) is 5.32 Å². The molecule has 3 atom stereocenters. The number of alkyl halides is 3. The number of rotatable bonds is 6. The van der Waals surface area contributed by atoms with Crippen LogP contribution in [0.4, 0.5) is 18.9 Å². The van der Waals surface area contributed by atoms with E-state index in [2.05, 4.69) is 10.6 Å². The van der Waals surface area contributed by atoms with E-state index in [4.69, 9.17) is 9.84 Å². The predicted octanol–water partition coefficient (Wildman–Crippen LogP) is 6.27. The molecule has 1 aliphatic heterocycles.